The van der Waals surface area contributed by atoms with Crippen LogP contribution in [-0.2, 0) is 13.1 Å². The summed E-state index contributed by atoms with van der Waals surface area (Å²) in [6.07, 6.45) is 1.81. The van der Waals surface area contributed by atoms with E-state index in [4.69, 9.17) is 4.42 Å². The van der Waals surface area contributed by atoms with Crippen LogP contribution in [0.3, 0.4) is 0 Å². The molecule has 2 rings (SSSR count). The smallest absolute Gasteiger partial charge is 0.122 e. The Hall–Kier alpha value is -0.840. The highest BCUT2D eigenvalue weighted by molar-refractivity contribution is 5.16. The van der Waals surface area contributed by atoms with Crippen LogP contribution in [0.4, 0.5) is 0 Å². The lowest BCUT2D eigenvalue weighted by atomic mass is 10.2. The zero-order valence-corrected chi connectivity index (χ0v) is 11.6. The average molecular weight is 251 g/mol. The SMILES string of the molecule is CCNCc1ccoc1CN1CCN(CC)CC1. The predicted octanol–water partition coefficient (Wildman–Crippen LogP) is 1.53. The van der Waals surface area contributed by atoms with E-state index in [0.29, 0.717) is 0 Å². The fourth-order valence-corrected chi connectivity index (χ4v) is 2.39. The molecule has 0 unspecified atom stereocenters. The summed E-state index contributed by atoms with van der Waals surface area (Å²) >= 11 is 0. The number of likely N-dealkylation sites (N-methyl/N-ethyl adjacent to an activating group) is 1. The van der Waals surface area contributed by atoms with Gasteiger partial charge in [-0.15, -0.1) is 0 Å². The molecular weight excluding hydrogens is 226 g/mol. The zero-order valence-electron chi connectivity index (χ0n) is 11.6. The molecular formula is C14H25N3O. The van der Waals surface area contributed by atoms with Crippen molar-refractivity contribution in [3.05, 3.63) is 23.7 Å². The molecule has 0 amide bonds. The summed E-state index contributed by atoms with van der Waals surface area (Å²) in [5, 5.41) is 3.36. The second-order valence-electron chi connectivity index (χ2n) is 4.86. The maximum Gasteiger partial charge on any atom is 0.122 e. The van der Waals surface area contributed by atoms with Crippen molar-refractivity contribution in [2.45, 2.75) is 26.9 Å². The molecule has 18 heavy (non-hydrogen) atoms. The number of nitrogens with one attached hydrogen (secondary N) is 1. The van der Waals surface area contributed by atoms with Gasteiger partial charge in [0.25, 0.3) is 0 Å². The average Bonchev–Trinajstić information content (AvgIpc) is 2.84. The quantitative estimate of drug-likeness (QED) is 0.831. The Balaban J connectivity index is 1.84. The van der Waals surface area contributed by atoms with Crippen LogP contribution < -0.4 is 5.32 Å². The van der Waals surface area contributed by atoms with E-state index in [-0.39, 0.29) is 0 Å². The number of hydrogen-bond acceptors (Lipinski definition) is 4. The topological polar surface area (TPSA) is 31.7 Å². The van der Waals surface area contributed by atoms with Gasteiger partial charge in [-0.1, -0.05) is 13.8 Å². The summed E-state index contributed by atoms with van der Waals surface area (Å²) in [6, 6.07) is 2.08. The van der Waals surface area contributed by atoms with Crippen LogP contribution in [0.15, 0.2) is 16.7 Å². The van der Waals surface area contributed by atoms with Crippen LogP contribution in [0.2, 0.25) is 0 Å². The van der Waals surface area contributed by atoms with Gasteiger partial charge < -0.3 is 14.6 Å². The minimum Gasteiger partial charge on any atom is -0.468 e. The van der Waals surface area contributed by atoms with Crippen molar-refractivity contribution in [3.63, 3.8) is 0 Å². The molecule has 0 radical (unpaired) electrons. The molecule has 1 aliphatic heterocycles. The molecule has 102 valence electrons. The van der Waals surface area contributed by atoms with E-state index in [1.54, 1.807) is 0 Å². The number of nitrogens with zero attached hydrogens (tertiary/aromatic N) is 2. The summed E-state index contributed by atoms with van der Waals surface area (Å²) in [7, 11) is 0. The predicted molar refractivity (Wildman–Crippen MR) is 73.5 cm³/mol. The molecule has 1 aromatic rings. The van der Waals surface area contributed by atoms with Gasteiger partial charge in [-0.05, 0) is 19.2 Å². The lowest BCUT2D eigenvalue weighted by Crippen LogP contribution is -2.45. The van der Waals surface area contributed by atoms with E-state index in [9.17, 15) is 0 Å². The normalized spacial score (nSPS) is 18.3. The molecule has 0 bridgehead atoms. The van der Waals surface area contributed by atoms with E-state index in [1.807, 2.05) is 6.26 Å². The lowest BCUT2D eigenvalue weighted by molar-refractivity contribution is 0.125. The molecule has 1 fully saturated rings. The van der Waals surface area contributed by atoms with Crippen LogP contribution >= 0.6 is 0 Å². The van der Waals surface area contributed by atoms with Gasteiger partial charge in [0.2, 0.25) is 0 Å². The number of furan rings is 1. The van der Waals surface area contributed by atoms with Crippen LogP contribution in [-0.4, -0.2) is 49.1 Å². The van der Waals surface area contributed by atoms with Gasteiger partial charge in [-0.3, -0.25) is 4.90 Å². The van der Waals surface area contributed by atoms with Crippen molar-refractivity contribution in [2.24, 2.45) is 0 Å². The Kier molecular flexibility index (Phi) is 5.23. The van der Waals surface area contributed by atoms with E-state index in [1.165, 1.54) is 25.2 Å². The van der Waals surface area contributed by atoms with Gasteiger partial charge in [-0.2, -0.15) is 0 Å². The second kappa shape index (κ2) is 6.92. The van der Waals surface area contributed by atoms with Gasteiger partial charge in [0, 0.05) is 38.3 Å². The molecule has 4 heteroatoms. The highest BCUT2D eigenvalue weighted by Gasteiger charge is 2.17. The van der Waals surface area contributed by atoms with E-state index in [2.05, 4.69) is 35.0 Å². The highest BCUT2D eigenvalue weighted by Crippen LogP contribution is 2.14. The van der Waals surface area contributed by atoms with Crippen molar-refractivity contribution < 1.29 is 4.42 Å². The van der Waals surface area contributed by atoms with E-state index < -0.39 is 0 Å². The van der Waals surface area contributed by atoms with Gasteiger partial charge in [0.1, 0.15) is 5.76 Å². The highest BCUT2D eigenvalue weighted by atomic mass is 16.3. The van der Waals surface area contributed by atoms with Crippen LogP contribution in [0, 0.1) is 0 Å². The minimum atomic E-state index is 0.914. The first-order chi connectivity index (χ1) is 8.83. The summed E-state index contributed by atoms with van der Waals surface area (Å²) in [5.74, 6) is 1.13. The van der Waals surface area contributed by atoms with Gasteiger partial charge >= 0.3 is 0 Å². The first kappa shape index (κ1) is 13.6. The Morgan fingerprint density at radius 3 is 2.56 bits per heavy atom. The molecule has 4 nitrogen and oxygen atoms in total. The van der Waals surface area contributed by atoms with Crippen LogP contribution in [0.5, 0.6) is 0 Å². The minimum absolute atomic E-state index is 0.914. The number of piperazine rings is 1. The summed E-state index contributed by atoms with van der Waals surface area (Å²) in [4.78, 5) is 4.98. The molecule has 0 saturated carbocycles. The fourth-order valence-electron chi connectivity index (χ4n) is 2.39. The maximum atomic E-state index is 5.62. The standard InChI is InChI=1S/C14H25N3O/c1-3-15-11-13-5-10-18-14(13)12-17-8-6-16(4-2)7-9-17/h5,10,15H,3-4,6-9,11-12H2,1-2H3. The van der Waals surface area contributed by atoms with E-state index >= 15 is 0 Å². The van der Waals surface area contributed by atoms with Crippen LogP contribution in [0.25, 0.3) is 0 Å². The third-order valence-electron chi connectivity index (χ3n) is 3.68. The Bertz CT molecular complexity index is 343. The molecule has 1 N–H and O–H groups in total. The van der Waals surface area contributed by atoms with Crippen molar-refractivity contribution in [1.82, 2.24) is 15.1 Å². The summed E-state index contributed by atoms with van der Waals surface area (Å²) in [6.45, 7) is 13.0. The maximum absolute atomic E-state index is 5.62. The summed E-state index contributed by atoms with van der Waals surface area (Å²) < 4.78 is 5.62. The van der Waals surface area contributed by atoms with Crippen molar-refractivity contribution in [3.8, 4) is 0 Å². The lowest BCUT2D eigenvalue weighted by Gasteiger charge is -2.33. The van der Waals surface area contributed by atoms with Gasteiger partial charge in [0.15, 0.2) is 0 Å². The van der Waals surface area contributed by atoms with E-state index in [0.717, 1.165) is 38.5 Å². The Morgan fingerprint density at radius 1 is 1.17 bits per heavy atom. The van der Waals surface area contributed by atoms with Crippen molar-refractivity contribution in [1.29, 1.82) is 0 Å². The van der Waals surface area contributed by atoms with Crippen molar-refractivity contribution in [2.75, 3.05) is 39.3 Å². The first-order valence-corrected chi connectivity index (χ1v) is 7.04. The Morgan fingerprint density at radius 2 is 1.89 bits per heavy atom. The molecule has 0 aliphatic carbocycles. The summed E-state index contributed by atoms with van der Waals surface area (Å²) in [5.41, 5.74) is 1.30. The molecule has 1 saturated heterocycles. The van der Waals surface area contributed by atoms with Gasteiger partial charge in [0.05, 0.1) is 12.8 Å². The molecule has 1 aromatic heterocycles. The molecule has 1 aliphatic rings. The Labute approximate surface area is 110 Å². The third kappa shape index (κ3) is 3.57. The zero-order chi connectivity index (χ0) is 12.8. The van der Waals surface area contributed by atoms with Crippen LogP contribution in [0.1, 0.15) is 25.2 Å². The van der Waals surface area contributed by atoms with Gasteiger partial charge in [-0.25, -0.2) is 0 Å². The largest absolute Gasteiger partial charge is 0.468 e. The molecule has 0 atom stereocenters. The third-order valence-corrected chi connectivity index (χ3v) is 3.68. The number of rotatable bonds is 6. The van der Waals surface area contributed by atoms with Crippen molar-refractivity contribution >= 4 is 0 Å². The molecule has 0 aromatic carbocycles. The fraction of sp³-hybridized carbons (Fsp3) is 0.714. The second-order valence-corrected chi connectivity index (χ2v) is 4.86. The molecule has 0 spiro atoms. The number of hydrogen-bond donors (Lipinski definition) is 1. The monoisotopic (exact) mass is 251 g/mol. The molecule has 2 heterocycles. The first-order valence-electron chi connectivity index (χ1n) is 7.04.